The Hall–Kier alpha value is -4.17. The van der Waals surface area contributed by atoms with Gasteiger partial charge >= 0.3 is 0 Å². The maximum absolute atomic E-state index is 13.7. The van der Waals surface area contributed by atoms with Gasteiger partial charge < -0.3 is 9.80 Å². The number of piperazine rings is 1. The zero-order chi connectivity index (χ0) is 25.4. The van der Waals surface area contributed by atoms with E-state index in [1.807, 2.05) is 48.7 Å². The number of likely N-dealkylation sites (N-methyl/N-ethyl adjacent to an activating group) is 1. The Kier molecular flexibility index (Phi) is 6.10. The third-order valence-corrected chi connectivity index (χ3v) is 6.82. The lowest BCUT2D eigenvalue weighted by atomic mass is 10.0. The predicted octanol–water partition coefficient (Wildman–Crippen LogP) is 5.31. The second kappa shape index (κ2) is 9.71. The molecule has 1 N–H and O–H groups in total. The molecule has 1 fully saturated rings. The Bertz CT molecular complexity index is 1550. The van der Waals surface area contributed by atoms with Gasteiger partial charge in [-0.05, 0) is 73.1 Å². The number of aromatic amines is 1. The molecule has 5 aromatic rings. The Morgan fingerprint density at radius 1 is 0.838 bits per heavy atom. The van der Waals surface area contributed by atoms with Gasteiger partial charge in [-0.15, -0.1) is 0 Å². The van der Waals surface area contributed by atoms with Gasteiger partial charge in [0.1, 0.15) is 23.1 Å². The number of fused-ring (bicyclic) bond motifs is 1. The number of rotatable bonds is 5. The minimum atomic E-state index is -0.576. The number of pyridine rings is 2. The molecule has 0 bridgehead atoms. The van der Waals surface area contributed by atoms with Gasteiger partial charge in [-0.25, -0.2) is 18.7 Å². The van der Waals surface area contributed by atoms with Gasteiger partial charge in [-0.2, -0.15) is 5.10 Å². The number of aromatic nitrogens is 4. The second-order valence-electron chi connectivity index (χ2n) is 9.51. The summed E-state index contributed by atoms with van der Waals surface area (Å²) < 4.78 is 27.3. The molecule has 3 aromatic heterocycles. The van der Waals surface area contributed by atoms with Crippen molar-refractivity contribution in [2.45, 2.75) is 6.42 Å². The van der Waals surface area contributed by atoms with Gasteiger partial charge in [0.2, 0.25) is 0 Å². The fourth-order valence-corrected chi connectivity index (χ4v) is 4.83. The standard InChI is InChI=1S/C29H26F2N6/c1-36-9-11-37(12-10-36)28-17-21(7-8-32-28)25-3-2-4-27(33-25)29-24-16-19(5-6-26(24)34-35-29)13-20-14-22(30)18-23(31)15-20/h2-8,14-18H,9-13H2,1H3,(H,34,35). The lowest BCUT2D eigenvalue weighted by Crippen LogP contribution is -2.44. The van der Waals surface area contributed by atoms with Crippen molar-refractivity contribution in [2.24, 2.45) is 0 Å². The highest BCUT2D eigenvalue weighted by Gasteiger charge is 2.17. The van der Waals surface area contributed by atoms with E-state index in [1.165, 1.54) is 12.1 Å². The molecule has 8 heteroatoms. The van der Waals surface area contributed by atoms with E-state index >= 15 is 0 Å². The smallest absolute Gasteiger partial charge is 0.129 e. The van der Waals surface area contributed by atoms with E-state index in [1.54, 1.807) is 0 Å². The van der Waals surface area contributed by atoms with Gasteiger partial charge in [-0.1, -0.05) is 12.1 Å². The molecule has 1 saturated heterocycles. The largest absolute Gasteiger partial charge is 0.354 e. The summed E-state index contributed by atoms with van der Waals surface area (Å²) in [6, 6.07) is 19.5. The van der Waals surface area contributed by atoms with Crippen molar-refractivity contribution < 1.29 is 8.78 Å². The molecule has 2 aromatic carbocycles. The number of nitrogens with one attached hydrogen (secondary N) is 1. The topological polar surface area (TPSA) is 60.9 Å². The predicted molar refractivity (Wildman–Crippen MR) is 141 cm³/mol. The summed E-state index contributed by atoms with van der Waals surface area (Å²) in [6.07, 6.45) is 2.25. The summed E-state index contributed by atoms with van der Waals surface area (Å²) in [4.78, 5) is 14.2. The summed E-state index contributed by atoms with van der Waals surface area (Å²) in [6.45, 7) is 3.93. The molecule has 0 spiro atoms. The van der Waals surface area contributed by atoms with Crippen molar-refractivity contribution in [3.8, 4) is 22.6 Å². The number of hydrogen-bond donors (Lipinski definition) is 1. The molecule has 0 radical (unpaired) electrons. The Morgan fingerprint density at radius 2 is 1.62 bits per heavy atom. The highest BCUT2D eigenvalue weighted by atomic mass is 19.1. The van der Waals surface area contributed by atoms with Gasteiger partial charge in [-0.3, -0.25) is 5.10 Å². The van der Waals surface area contributed by atoms with E-state index in [0.29, 0.717) is 12.0 Å². The highest BCUT2D eigenvalue weighted by molar-refractivity contribution is 5.92. The normalized spacial score (nSPS) is 14.4. The lowest BCUT2D eigenvalue weighted by molar-refractivity contribution is 0.312. The number of halogens is 2. The first-order valence-electron chi connectivity index (χ1n) is 12.3. The first-order chi connectivity index (χ1) is 18.0. The molecule has 0 atom stereocenters. The molecule has 37 heavy (non-hydrogen) atoms. The Balaban J connectivity index is 1.31. The monoisotopic (exact) mass is 496 g/mol. The zero-order valence-corrected chi connectivity index (χ0v) is 20.5. The molecule has 4 heterocycles. The fraction of sp³-hybridized carbons (Fsp3) is 0.207. The molecule has 186 valence electrons. The van der Waals surface area contributed by atoms with Crippen LogP contribution in [-0.4, -0.2) is 58.3 Å². The minimum absolute atomic E-state index is 0.411. The Morgan fingerprint density at radius 3 is 2.43 bits per heavy atom. The van der Waals surface area contributed by atoms with Crippen LogP contribution < -0.4 is 4.90 Å². The van der Waals surface area contributed by atoms with Crippen molar-refractivity contribution in [1.82, 2.24) is 25.1 Å². The molecule has 0 aliphatic carbocycles. The van der Waals surface area contributed by atoms with Gasteiger partial charge in [0.05, 0.1) is 16.9 Å². The summed E-state index contributed by atoms with van der Waals surface area (Å²) in [5.41, 5.74) is 5.71. The van der Waals surface area contributed by atoms with Crippen LogP contribution >= 0.6 is 0 Å². The van der Waals surface area contributed by atoms with Crippen LogP contribution in [0.25, 0.3) is 33.5 Å². The number of hydrogen-bond acceptors (Lipinski definition) is 5. The van der Waals surface area contributed by atoms with Crippen LogP contribution in [0.4, 0.5) is 14.6 Å². The molecule has 1 aliphatic rings. The zero-order valence-electron chi connectivity index (χ0n) is 20.5. The molecule has 6 rings (SSSR count). The van der Waals surface area contributed by atoms with Crippen LogP contribution in [0.5, 0.6) is 0 Å². The first-order valence-corrected chi connectivity index (χ1v) is 12.3. The molecular weight excluding hydrogens is 470 g/mol. The van der Waals surface area contributed by atoms with E-state index in [-0.39, 0.29) is 0 Å². The van der Waals surface area contributed by atoms with Crippen LogP contribution in [0.2, 0.25) is 0 Å². The molecular formula is C29H26F2N6. The Labute approximate surface area is 213 Å². The number of benzene rings is 2. The third-order valence-electron chi connectivity index (χ3n) is 6.82. The van der Waals surface area contributed by atoms with E-state index in [9.17, 15) is 8.78 Å². The summed E-state index contributed by atoms with van der Waals surface area (Å²) in [5.74, 6) is -0.192. The van der Waals surface area contributed by atoms with E-state index in [0.717, 1.165) is 77.2 Å². The van der Waals surface area contributed by atoms with Gasteiger partial charge in [0, 0.05) is 49.4 Å². The fourth-order valence-electron chi connectivity index (χ4n) is 4.83. The van der Waals surface area contributed by atoms with Crippen LogP contribution in [0.3, 0.4) is 0 Å². The number of nitrogens with zero attached hydrogens (tertiary/aromatic N) is 5. The average Bonchev–Trinajstić information content (AvgIpc) is 3.32. The first kappa shape index (κ1) is 23.2. The maximum Gasteiger partial charge on any atom is 0.129 e. The van der Waals surface area contributed by atoms with Crippen LogP contribution in [0.1, 0.15) is 11.1 Å². The minimum Gasteiger partial charge on any atom is -0.354 e. The van der Waals surface area contributed by atoms with E-state index in [4.69, 9.17) is 4.98 Å². The van der Waals surface area contributed by atoms with Gasteiger partial charge in [0.25, 0.3) is 0 Å². The summed E-state index contributed by atoms with van der Waals surface area (Å²) in [7, 11) is 2.14. The van der Waals surface area contributed by atoms with E-state index < -0.39 is 11.6 Å². The molecule has 0 saturated carbocycles. The van der Waals surface area contributed by atoms with Crippen molar-refractivity contribution >= 4 is 16.7 Å². The van der Waals surface area contributed by atoms with Crippen LogP contribution in [-0.2, 0) is 6.42 Å². The molecule has 6 nitrogen and oxygen atoms in total. The number of anilines is 1. The SMILES string of the molecule is CN1CCN(c2cc(-c3cccc(-c4n[nH]c5ccc(Cc6cc(F)cc(F)c6)cc45)n3)ccn2)CC1. The van der Waals surface area contributed by atoms with Crippen molar-refractivity contribution in [1.29, 1.82) is 0 Å². The third kappa shape index (κ3) is 4.93. The molecule has 0 unspecified atom stereocenters. The van der Waals surface area contributed by atoms with Crippen molar-refractivity contribution in [2.75, 3.05) is 38.1 Å². The van der Waals surface area contributed by atoms with Crippen LogP contribution in [0, 0.1) is 11.6 Å². The molecule has 0 amide bonds. The maximum atomic E-state index is 13.7. The van der Waals surface area contributed by atoms with Gasteiger partial charge in [0.15, 0.2) is 0 Å². The van der Waals surface area contributed by atoms with E-state index in [2.05, 4.69) is 38.1 Å². The quantitative estimate of drug-likeness (QED) is 0.358. The second-order valence-corrected chi connectivity index (χ2v) is 9.51. The summed E-state index contributed by atoms with van der Waals surface area (Å²) in [5, 5.41) is 8.53. The lowest BCUT2D eigenvalue weighted by Gasteiger charge is -2.33. The van der Waals surface area contributed by atoms with Crippen molar-refractivity contribution in [3.05, 3.63) is 95.7 Å². The number of H-pyrrole nitrogens is 1. The average molecular weight is 497 g/mol. The molecule has 1 aliphatic heterocycles. The summed E-state index contributed by atoms with van der Waals surface area (Å²) >= 11 is 0. The highest BCUT2D eigenvalue weighted by Crippen LogP contribution is 2.29. The van der Waals surface area contributed by atoms with Crippen molar-refractivity contribution in [3.63, 3.8) is 0 Å². The van der Waals surface area contributed by atoms with Crippen LogP contribution in [0.15, 0.2) is 72.9 Å².